The second-order valence-corrected chi connectivity index (χ2v) is 6.36. The largest absolute Gasteiger partial charge is 0.493 e. The average molecular weight is 360 g/mol. The van der Waals surface area contributed by atoms with Crippen LogP contribution >= 0.6 is 0 Å². The Balaban J connectivity index is 2.02. The molecule has 26 heavy (non-hydrogen) atoms. The number of benzene rings is 1. The van der Waals surface area contributed by atoms with Crippen molar-refractivity contribution in [2.75, 3.05) is 14.2 Å². The summed E-state index contributed by atoms with van der Waals surface area (Å²) in [6.07, 6.45) is 3.07. The van der Waals surface area contributed by atoms with Gasteiger partial charge in [0.15, 0.2) is 17.6 Å². The molecule has 0 bridgehead atoms. The predicted molar refractivity (Wildman–Crippen MR) is 94.0 cm³/mol. The summed E-state index contributed by atoms with van der Waals surface area (Å²) in [4.78, 5) is 24.7. The standard InChI is InChI=1S/C19H24N2O5/c1-13(17(22)21-19(12-20)9-5-4-6-10-19)26-18(23)14-7-8-15(24-2)16(11-14)25-3/h7-8,11,13H,4-6,9-10H2,1-3H3,(H,21,22). The molecule has 1 aliphatic rings. The van der Waals surface area contributed by atoms with Crippen LogP contribution in [0.25, 0.3) is 0 Å². The number of hydrogen-bond acceptors (Lipinski definition) is 6. The van der Waals surface area contributed by atoms with Crippen LogP contribution in [-0.2, 0) is 9.53 Å². The number of carbonyl (C=O) groups is 2. The van der Waals surface area contributed by atoms with Crippen LogP contribution in [0.4, 0.5) is 0 Å². The third-order valence-corrected chi connectivity index (χ3v) is 4.56. The molecule has 1 unspecified atom stereocenters. The van der Waals surface area contributed by atoms with Crippen molar-refractivity contribution in [1.82, 2.24) is 5.32 Å². The van der Waals surface area contributed by atoms with Crippen molar-refractivity contribution in [2.45, 2.75) is 50.7 Å². The highest BCUT2D eigenvalue weighted by Crippen LogP contribution is 2.29. The van der Waals surface area contributed by atoms with Crippen molar-refractivity contribution >= 4 is 11.9 Å². The number of carbonyl (C=O) groups excluding carboxylic acids is 2. The van der Waals surface area contributed by atoms with E-state index in [0.29, 0.717) is 24.3 Å². The average Bonchev–Trinajstić information content (AvgIpc) is 2.67. The van der Waals surface area contributed by atoms with Gasteiger partial charge in [-0.2, -0.15) is 5.26 Å². The van der Waals surface area contributed by atoms with Crippen LogP contribution in [-0.4, -0.2) is 37.7 Å². The molecule has 0 spiro atoms. The quantitative estimate of drug-likeness (QED) is 0.783. The lowest BCUT2D eigenvalue weighted by atomic mass is 9.83. The van der Waals surface area contributed by atoms with Gasteiger partial charge < -0.3 is 19.5 Å². The lowest BCUT2D eigenvalue weighted by molar-refractivity contribution is -0.130. The Morgan fingerprint density at radius 3 is 2.38 bits per heavy atom. The Bertz CT molecular complexity index is 704. The van der Waals surface area contributed by atoms with Gasteiger partial charge in [0.1, 0.15) is 5.54 Å². The van der Waals surface area contributed by atoms with Crippen LogP contribution in [0.1, 0.15) is 49.4 Å². The Hall–Kier alpha value is -2.75. The molecule has 1 saturated carbocycles. The van der Waals surface area contributed by atoms with E-state index < -0.39 is 23.5 Å². The fourth-order valence-corrected chi connectivity index (χ4v) is 3.00. The SMILES string of the molecule is COc1ccc(C(=O)OC(C)C(=O)NC2(C#N)CCCCC2)cc1OC. The van der Waals surface area contributed by atoms with Gasteiger partial charge in [0.05, 0.1) is 25.9 Å². The van der Waals surface area contributed by atoms with E-state index in [9.17, 15) is 14.9 Å². The molecule has 1 aromatic rings. The first-order valence-electron chi connectivity index (χ1n) is 8.61. The molecule has 7 heteroatoms. The van der Waals surface area contributed by atoms with Crippen LogP contribution in [0.3, 0.4) is 0 Å². The molecule has 0 aromatic heterocycles. The number of nitrogens with zero attached hydrogens (tertiary/aromatic N) is 1. The van der Waals surface area contributed by atoms with Gasteiger partial charge >= 0.3 is 5.97 Å². The van der Waals surface area contributed by atoms with Gasteiger partial charge in [-0.1, -0.05) is 19.3 Å². The molecule has 1 aromatic carbocycles. The maximum absolute atomic E-state index is 12.4. The highest BCUT2D eigenvalue weighted by atomic mass is 16.5. The van der Waals surface area contributed by atoms with Crippen LogP contribution in [0.2, 0.25) is 0 Å². The highest BCUT2D eigenvalue weighted by molar-refractivity contribution is 5.93. The van der Waals surface area contributed by atoms with E-state index in [1.54, 1.807) is 6.07 Å². The topological polar surface area (TPSA) is 97.6 Å². The molecular weight excluding hydrogens is 336 g/mol. The summed E-state index contributed by atoms with van der Waals surface area (Å²) in [5.74, 6) is -0.238. The number of nitriles is 1. The van der Waals surface area contributed by atoms with Gasteiger partial charge in [0.25, 0.3) is 5.91 Å². The molecular formula is C19H24N2O5. The number of esters is 1. The third kappa shape index (κ3) is 4.45. The van der Waals surface area contributed by atoms with Crippen molar-refractivity contribution in [3.05, 3.63) is 23.8 Å². The smallest absolute Gasteiger partial charge is 0.339 e. The number of nitrogens with one attached hydrogen (secondary N) is 1. The second-order valence-electron chi connectivity index (χ2n) is 6.36. The number of amides is 1. The van der Waals surface area contributed by atoms with Gasteiger partial charge in [-0.25, -0.2) is 4.79 Å². The molecule has 1 aliphatic carbocycles. The molecule has 0 saturated heterocycles. The first kappa shape index (κ1) is 19.6. The number of ether oxygens (including phenoxy) is 3. The Labute approximate surface area is 153 Å². The van der Waals surface area contributed by atoms with Gasteiger partial charge in [0, 0.05) is 0 Å². The van der Waals surface area contributed by atoms with Crippen LogP contribution in [0.5, 0.6) is 11.5 Å². The van der Waals surface area contributed by atoms with Gasteiger partial charge in [-0.15, -0.1) is 0 Å². The van der Waals surface area contributed by atoms with Crippen LogP contribution in [0, 0.1) is 11.3 Å². The van der Waals surface area contributed by atoms with Crippen molar-refractivity contribution in [3.63, 3.8) is 0 Å². The minimum Gasteiger partial charge on any atom is -0.493 e. The predicted octanol–water partition coefficient (Wildman–Crippen LogP) is 2.59. The van der Waals surface area contributed by atoms with E-state index in [4.69, 9.17) is 14.2 Å². The Morgan fingerprint density at radius 1 is 1.15 bits per heavy atom. The van der Waals surface area contributed by atoms with Gasteiger partial charge in [-0.05, 0) is 38.0 Å². The van der Waals surface area contributed by atoms with Crippen molar-refractivity contribution in [3.8, 4) is 17.6 Å². The summed E-state index contributed by atoms with van der Waals surface area (Å²) in [6.45, 7) is 1.49. The van der Waals surface area contributed by atoms with E-state index in [0.717, 1.165) is 19.3 Å². The van der Waals surface area contributed by atoms with Gasteiger partial charge in [-0.3, -0.25) is 4.79 Å². The first-order chi connectivity index (χ1) is 12.4. The van der Waals surface area contributed by atoms with E-state index in [-0.39, 0.29) is 5.56 Å². The van der Waals surface area contributed by atoms with E-state index in [1.165, 1.54) is 33.3 Å². The van der Waals surface area contributed by atoms with Gasteiger partial charge in [0.2, 0.25) is 0 Å². The lowest BCUT2D eigenvalue weighted by Gasteiger charge is -2.32. The van der Waals surface area contributed by atoms with Crippen molar-refractivity contribution in [2.24, 2.45) is 0 Å². The molecule has 1 amide bonds. The van der Waals surface area contributed by atoms with Crippen molar-refractivity contribution < 1.29 is 23.8 Å². The van der Waals surface area contributed by atoms with E-state index >= 15 is 0 Å². The summed E-state index contributed by atoms with van der Waals surface area (Å²) >= 11 is 0. The molecule has 7 nitrogen and oxygen atoms in total. The zero-order valence-electron chi connectivity index (χ0n) is 15.3. The fourth-order valence-electron chi connectivity index (χ4n) is 3.00. The summed E-state index contributed by atoms with van der Waals surface area (Å²) in [7, 11) is 2.97. The third-order valence-electron chi connectivity index (χ3n) is 4.56. The zero-order valence-corrected chi connectivity index (χ0v) is 15.3. The summed E-state index contributed by atoms with van der Waals surface area (Å²) in [5.41, 5.74) is -0.616. The number of hydrogen-bond donors (Lipinski definition) is 1. The minimum atomic E-state index is -1.01. The maximum atomic E-state index is 12.4. The van der Waals surface area contributed by atoms with Crippen LogP contribution < -0.4 is 14.8 Å². The summed E-state index contributed by atoms with van der Waals surface area (Å²) in [5, 5.41) is 12.2. The van der Waals surface area contributed by atoms with Crippen molar-refractivity contribution in [1.29, 1.82) is 5.26 Å². The molecule has 1 fully saturated rings. The molecule has 0 aliphatic heterocycles. The molecule has 0 radical (unpaired) electrons. The zero-order chi connectivity index (χ0) is 19.2. The Kier molecular flexibility index (Phi) is 6.45. The Morgan fingerprint density at radius 2 is 1.81 bits per heavy atom. The molecule has 140 valence electrons. The normalized spacial score (nSPS) is 16.7. The number of rotatable bonds is 6. The first-order valence-corrected chi connectivity index (χ1v) is 8.61. The molecule has 1 atom stereocenters. The minimum absolute atomic E-state index is 0.245. The maximum Gasteiger partial charge on any atom is 0.339 e. The number of methoxy groups -OCH3 is 2. The van der Waals surface area contributed by atoms with E-state index in [2.05, 4.69) is 11.4 Å². The molecule has 1 N–H and O–H groups in total. The van der Waals surface area contributed by atoms with E-state index in [1.807, 2.05) is 0 Å². The lowest BCUT2D eigenvalue weighted by Crippen LogP contribution is -2.52. The monoisotopic (exact) mass is 360 g/mol. The highest BCUT2D eigenvalue weighted by Gasteiger charge is 2.35. The second kappa shape index (κ2) is 8.56. The van der Waals surface area contributed by atoms with Crippen LogP contribution in [0.15, 0.2) is 18.2 Å². The summed E-state index contributed by atoms with van der Waals surface area (Å²) < 4.78 is 15.5. The summed E-state index contributed by atoms with van der Waals surface area (Å²) in [6, 6.07) is 6.83. The molecule has 0 heterocycles. The fraction of sp³-hybridized carbons (Fsp3) is 0.526. The molecule has 2 rings (SSSR count).